The normalized spacial score (nSPS) is 10.2. The van der Waals surface area contributed by atoms with Crippen molar-refractivity contribution < 1.29 is 4.79 Å². The Kier molecular flexibility index (Phi) is 5.99. The number of aromatic nitrogens is 1. The first-order chi connectivity index (χ1) is 10.6. The van der Waals surface area contributed by atoms with Gasteiger partial charge in [-0.15, -0.1) is 11.3 Å². The highest BCUT2D eigenvalue weighted by atomic mass is 32.2. The van der Waals surface area contributed by atoms with E-state index in [1.807, 2.05) is 31.4 Å². The summed E-state index contributed by atoms with van der Waals surface area (Å²) in [4.78, 5) is 18.4. The van der Waals surface area contributed by atoms with Crippen molar-refractivity contribution in [2.75, 3.05) is 17.2 Å². The van der Waals surface area contributed by atoms with Crippen molar-refractivity contribution in [2.45, 2.75) is 24.6 Å². The Bertz CT molecular complexity index is 657. The van der Waals surface area contributed by atoms with Gasteiger partial charge in [-0.25, -0.2) is 4.98 Å². The number of aryl methyl sites for hydroxylation is 2. The average Bonchev–Trinajstić information content (AvgIpc) is 2.98. The van der Waals surface area contributed by atoms with E-state index in [-0.39, 0.29) is 5.91 Å². The molecule has 1 aromatic heterocycles. The van der Waals surface area contributed by atoms with Gasteiger partial charge in [0.25, 0.3) is 0 Å². The SMILES string of the molecule is Cc1cc(C)cc(N(CCC#N)C(=O)CSc2nccs2)c1. The van der Waals surface area contributed by atoms with Crippen molar-refractivity contribution in [3.63, 3.8) is 0 Å². The summed E-state index contributed by atoms with van der Waals surface area (Å²) in [5.74, 6) is 0.326. The van der Waals surface area contributed by atoms with Crippen LogP contribution in [0.3, 0.4) is 0 Å². The molecule has 1 amide bonds. The summed E-state index contributed by atoms with van der Waals surface area (Å²) in [6, 6.07) is 8.15. The lowest BCUT2D eigenvalue weighted by Gasteiger charge is -2.22. The quantitative estimate of drug-likeness (QED) is 0.756. The number of nitrogens with zero attached hydrogens (tertiary/aromatic N) is 3. The molecular weight excluding hydrogens is 314 g/mol. The summed E-state index contributed by atoms with van der Waals surface area (Å²) in [5.41, 5.74) is 3.08. The largest absolute Gasteiger partial charge is 0.311 e. The van der Waals surface area contributed by atoms with Crippen LogP contribution in [0.4, 0.5) is 5.69 Å². The minimum atomic E-state index is 0.000417. The molecule has 1 aromatic carbocycles. The lowest BCUT2D eigenvalue weighted by Crippen LogP contribution is -2.33. The number of hydrogen-bond donors (Lipinski definition) is 0. The van der Waals surface area contributed by atoms with E-state index < -0.39 is 0 Å². The molecule has 2 aromatic rings. The molecule has 0 unspecified atom stereocenters. The monoisotopic (exact) mass is 331 g/mol. The number of thioether (sulfide) groups is 1. The van der Waals surface area contributed by atoms with Crippen LogP contribution in [-0.4, -0.2) is 23.2 Å². The molecule has 0 radical (unpaired) electrons. The number of benzene rings is 1. The number of thiazole rings is 1. The molecular formula is C16H17N3OS2. The van der Waals surface area contributed by atoms with Gasteiger partial charge in [0.2, 0.25) is 5.91 Å². The number of amides is 1. The van der Waals surface area contributed by atoms with Gasteiger partial charge in [0, 0.05) is 23.8 Å². The molecule has 0 saturated carbocycles. The fourth-order valence-electron chi connectivity index (χ4n) is 2.15. The predicted octanol–water partition coefficient (Wildman–Crippen LogP) is 3.80. The molecule has 22 heavy (non-hydrogen) atoms. The molecule has 0 bridgehead atoms. The van der Waals surface area contributed by atoms with Gasteiger partial charge in [-0.2, -0.15) is 5.26 Å². The highest BCUT2D eigenvalue weighted by Gasteiger charge is 2.17. The van der Waals surface area contributed by atoms with Crippen LogP contribution in [0.5, 0.6) is 0 Å². The van der Waals surface area contributed by atoms with Crippen LogP contribution < -0.4 is 4.90 Å². The zero-order chi connectivity index (χ0) is 15.9. The maximum atomic E-state index is 12.5. The van der Waals surface area contributed by atoms with Crippen molar-refractivity contribution in [3.8, 4) is 6.07 Å². The first kappa shape index (κ1) is 16.5. The maximum absolute atomic E-state index is 12.5. The van der Waals surface area contributed by atoms with Crippen molar-refractivity contribution >= 4 is 34.7 Å². The Labute approximate surface area is 138 Å². The zero-order valence-corrected chi connectivity index (χ0v) is 14.2. The zero-order valence-electron chi connectivity index (χ0n) is 12.6. The first-order valence-corrected chi connectivity index (χ1v) is 8.74. The van der Waals surface area contributed by atoms with Crippen LogP contribution in [-0.2, 0) is 4.79 Å². The van der Waals surface area contributed by atoms with Gasteiger partial charge in [0.15, 0.2) is 0 Å². The molecule has 2 rings (SSSR count). The number of hydrogen-bond acceptors (Lipinski definition) is 5. The van der Waals surface area contributed by atoms with Crippen LogP contribution in [0.25, 0.3) is 0 Å². The Morgan fingerprint density at radius 1 is 1.36 bits per heavy atom. The molecule has 0 fully saturated rings. The highest BCUT2D eigenvalue weighted by molar-refractivity contribution is 8.01. The van der Waals surface area contributed by atoms with Gasteiger partial charge >= 0.3 is 0 Å². The standard InChI is InChI=1S/C16H17N3OS2/c1-12-8-13(2)10-14(9-12)19(6-3-4-17)15(20)11-22-16-18-5-7-21-16/h5,7-10H,3,6,11H2,1-2H3. The first-order valence-electron chi connectivity index (χ1n) is 6.88. The Balaban J connectivity index is 2.13. The van der Waals surface area contributed by atoms with Crippen LogP contribution >= 0.6 is 23.1 Å². The molecule has 4 nitrogen and oxygen atoms in total. The van der Waals surface area contributed by atoms with Crippen molar-refractivity contribution in [2.24, 2.45) is 0 Å². The summed E-state index contributed by atoms with van der Waals surface area (Å²) in [6.45, 7) is 4.43. The fraction of sp³-hybridized carbons (Fsp3) is 0.312. The van der Waals surface area contributed by atoms with Gasteiger partial charge < -0.3 is 4.90 Å². The number of carbonyl (C=O) groups excluding carboxylic acids is 1. The van der Waals surface area contributed by atoms with E-state index >= 15 is 0 Å². The summed E-state index contributed by atoms with van der Waals surface area (Å²) in [7, 11) is 0. The van der Waals surface area contributed by atoms with E-state index in [1.54, 1.807) is 11.1 Å². The Morgan fingerprint density at radius 2 is 2.09 bits per heavy atom. The third kappa shape index (κ3) is 4.58. The van der Waals surface area contributed by atoms with Gasteiger partial charge in [0.1, 0.15) is 4.34 Å². The van der Waals surface area contributed by atoms with Gasteiger partial charge in [-0.1, -0.05) is 17.8 Å². The number of anilines is 1. The summed E-state index contributed by atoms with van der Waals surface area (Å²) >= 11 is 2.96. The van der Waals surface area contributed by atoms with E-state index in [0.29, 0.717) is 18.7 Å². The molecule has 6 heteroatoms. The topological polar surface area (TPSA) is 57.0 Å². The lowest BCUT2D eigenvalue weighted by atomic mass is 10.1. The van der Waals surface area contributed by atoms with Crippen molar-refractivity contribution in [1.82, 2.24) is 4.98 Å². The molecule has 0 N–H and O–H groups in total. The number of rotatable bonds is 6. The summed E-state index contributed by atoms with van der Waals surface area (Å²) < 4.78 is 0.883. The smallest absolute Gasteiger partial charge is 0.237 e. The minimum Gasteiger partial charge on any atom is -0.311 e. The van der Waals surface area contributed by atoms with Crippen LogP contribution in [0.2, 0.25) is 0 Å². The molecule has 0 aliphatic heterocycles. The third-order valence-electron chi connectivity index (χ3n) is 3.00. The minimum absolute atomic E-state index is 0.000417. The Morgan fingerprint density at radius 3 is 2.68 bits per heavy atom. The number of nitriles is 1. The Hall–Kier alpha value is -1.84. The maximum Gasteiger partial charge on any atom is 0.237 e. The van der Waals surface area contributed by atoms with E-state index in [9.17, 15) is 4.79 Å². The van der Waals surface area contributed by atoms with Gasteiger partial charge in [0.05, 0.1) is 18.2 Å². The van der Waals surface area contributed by atoms with E-state index in [1.165, 1.54) is 23.1 Å². The summed E-state index contributed by atoms with van der Waals surface area (Å²) in [6.07, 6.45) is 2.05. The summed E-state index contributed by atoms with van der Waals surface area (Å²) in [5, 5.41) is 10.7. The van der Waals surface area contributed by atoms with Gasteiger partial charge in [-0.3, -0.25) is 4.79 Å². The van der Waals surface area contributed by atoms with Crippen LogP contribution in [0.1, 0.15) is 17.5 Å². The highest BCUT2D eigenvalue weighted by Crippen LogP contribution is 2.24. The third-order valence-corrected chi connectivity index (χ3v) is 4.95. The average molecular weight is 331 g/mol. The van der Waals surface area contributed by atoms with E-state index in [4.69, 9.17) is 5.26 Å². The van der Waals surface area contributed by atoms with Crippen molar-refractivity contribution in [3.05, 3.63) is 40.9 Å². The second-order valence-corrected chi connectivity index (χ2v) is 7.00. The molecule has 114 valence electrons. The molecule has 0 aliphatic rings. The molecule has 0 spiro atoms. The fourth-order valence-corrected chi connectivity index (χ4v) is 3.66. The van der Waals surface area contributed by atoms with Crippen LogP contribution in [0.15, 0.2) is 34.1 Å². The molecule has 0 aliphatic carbocycles. The molecule has 0 atom stereocenters. The second kappa shape index (κ2) is 7.97. The van der Waals surface area contributed by atoms with E-state index in [2.05, 4.69) is 17.1 Å². The number of carbonyl (C=O) groups is 1. The van der Waals surface area contributed by atoms with Gasteiger partial charge in [-0.05, 0) is 37.1 Å². The van der Waals surface area contributed by atoms with Crippen LogP contribution in [0, 0.1) is 25.2 Å². The predicted molar refractivity (Wildman–Crippen MR) is 91.3 cm³/mol. The lowest BCUT2D eigenvalue weighted by molar-refractivity contribution is -0.116. The molecule has 1 heterocycles. The van der Waals surface area contributed by atoms with E-state index in [0.717, 1.165) is 21.2 Å². The molecule has 0 saturated heterocycles. The second-order valence-electron chi connectivity index (χ2n) is 4.89. The van der Waals surface area contributed by atoms with Crippen molar-refractivity contribution in [1.29, 1.82) is 5.26 Å².